The van der Waals surface area contributed by atoms with Crippen LogP contribution in [0.15, 0.2) is 73.2 Å². The van der Waals surface area contributed by atoms with E-state index in [-0.39, 0.29) is 11.8 Å². The molecule has 4 aromatic rings. The third-order valence-corrected chi connectivity index (χ3v) is 4.66. The minimum absolute atomic E-state index is 0.212. The molecular formula is C24H19N5O2. The highest BCUT2D eigenvalue weighted by Gasteiger charge is 2.11. The summed E-state index contributed by atoms with van der Waals surface area (Å²) in [7, 11) is 0. The minimum atomic E-state index is -0.212. The fourth-order valence-corrected chi connectivity index (χ4v) is 3.02. The number of benzene rings is 2. The number of amides is 1. The number of anilines is 1. The van der Waals surface area contributed by atoms with Gasteiger partial charge in [0, 0.05) is 23.6 Å². The number of aryl methyl sites for hydroxylation is 2. The van der Waals surface area contributed by atoms with Crippen molar-refractivity contribution in [3.63, 3.8) is 0 Å². The Morgan fingerprint density at radius 3 is 2.61 bits per heavy atom. The summed E-state index contributed by atoms with van der Waals surface area (Å²) >= 11 is 0. The van der Waals surface area contributed by atoms with Gasteiger partial charge in [-0.3, -0.25) is 4.79 Å². The molecule has 2 aromatic heterocycles. The first kappa shape index (κ1) is 19.9. The Hall–Kier alpha value is -4.44. The maximum atomic E-state index is 12.7. The number of nitriles is 1. The molecule has 2 heterocycles. The van der Waals surface area contributed by atoms with Crippen molar-refractivity contribution in [2.75, 3.05) is 5.32 Å². The van der Waals surface area contributed by atoms with Crippen LogP contribution in [0, 0.1) is 25.2 Å². The van der Waals surface area contributed by atoms with Crippen LogP contribution in [-0.4, -0.2) is 20.7 Å². The molecule has 1 N–H and O–H groups in total. The summed E-state index contributed by atoms with van der Waals surface area (Å²) in [5.41, 5.74) is 4.34. The van der Waals surface area contributed by atoms with Crippen molar-refractivity contribution >= 4 is 11.6 Å². The lowest BCUT2D eigenvalue weighted by molar-refractivity contribution is 0.102. The molecule has 0 saturated heterocycles. The molecule has 0 radical (unpaired) electrons. The van der Waals surface area contributed by atoms with E-state index in [9.17, 15) is 4.79 Å². The summed E-state index contributed by atoms with van der Waals surface area (Å²) in [6.45, 7) is 3.85. The van der Waals surface area contributed by atoms with Gasteiger partial charge in [0.1, 0.15) is 17.4 Å². The molecule has 152 valence electrons. The van der Waals surface area contributed by atoms with Crippen molar-refractivity contribution in [1.82, 2.24) is 14.8 Å². The lowest BCUT2D eigenvalue weighted by Gasteiger charge is -2.11. The number of nitrogens with one attached hydrogen (secondary N) is 1. The lowest BCUT2D eigenvalue weighted by Crippen LogP contribution is -2.13. The number of hydrogen-bond donors (Lipinski definition) is 1. The molecular weight excluding hydrogens is 390 g/mol. The monoisotopic (exact) mass is 409 g/mol. The quantitative estimate of drug-likeness (QED) is 0.511. The van der Waals surface area contributed by atoms with Crippen LogP contribution in [0.2, 0.25) is 0 Å². The van der Waals surface area contributed by atoms with Crippen LogP contribution in [0.25, 0.3) is 5.69 Å². The SMILES string of the molecule is Cc1cnn(-c2ccc(C(=O)Nc3ccc(Oc4ncccc4C#N)cc3C)cc2)c1. The van der Waals surface area contributed by atoms with Crippen LogP contribution in [0.3, 0.4) is 0 Å². The average molecular weight is 409 g/mol. The van der Waals surface area contributed by atoms with Gasteiger partial charge in [0.05, 0.1) is 11.9 Å². The predicted molar refractivity (Wildman–Crippen MR) is 116 cm³/mol. The first-order valence-corrected chi connectivity index (χ1v) is 9.60. The largest absolute Gasteiger partial charge is 0.438 e. The molecule has 1 amide bonds. The highest BCUT2D eigenvalue weighted by molar-refractivity contribution is 6.04. The summed E-state index contributed by atoms with van der Waals surface area (Å²) in [6.07, 6.45) is 5.27. The smallest absolute Gasteiger partial charge is 0.255 e. The summed E-state index contributed by atoms with van der Waals surface area (Å²) in [6, 6.07) is 17.9. The highest BCUT2D eigenvalue weighted by atomic mass is 16.5. The fraction of sp³-hybridized carbons (Fsp3) is 0.0833. The minimum Gasteiger partial charge on any atom is -0.438 e. The second-order valence-electron chi connectivity index (χ2n) is 7.01. The molecule has 4 rings (SSSR count). The molecule has 31 heavy (non-hydrogen) atoms. The summed E-state index contributed by atoms with van der Waals surface area (Å²) in [5.74, 6) is 0.565. The molecule has 7 nitrogen and oxygen atoms in total. The number of aromatic nitrogens is 3. The summed E-state index contributed by atoms with van der Waals surface area (Å²) < 4.78 is 7.49. The van der Waals surface area contributed by atoms with E-state index >= 15 is 0 Å². The number of hydrogen-bond acceptors (Lipinski definition) is 5. The molecule has 2 aromatic carbocycles. The zero-order valence-corrected chi connectivity index (χ0v) is 17.0. The molecule has 0 bridgehead atoms. The van der Waals surface area contributed by atoms with Gasteiger partial charge in [0.15, 0.2) is 0 Å². The van der Waals surface area contributed by atoms with Crippen molar-refractivity contribution in [2.24, 2.45) is 0 Å². The van der Waals surface area contributed by atoms with Crippen LogP contribution in [0.5, 0.6) is 11.6 Å². The first-order chi connectivity index (χ1) is 15.0. The van der Waals surface area contributed by atoms with E-state index in [0.29, 0.717) is 22.6 Å². The zero-order valence-electron chi connectivity index (χ0n) is 17.0. The number of carbonyl (C=O) groups is 1. The number of pyridine rings is 1. The van der Waals surface area contributed by atoms with E-state index in [1.54, 1.807) is 59.5 Å². The number of carbonyl (C=O) groups excluding carboxylic acids is 1. The van der Waals surface area contributed by atoms with E-state index < -0.39 is 0 Å². The first-order valence-electron chi connectivity index (χ1n) is 9.60. The summed E-state index contributed by atoms with van der Waals surface area (Å²) in [5, 5.41) is 16.4. The van der Waals surface area contributed by atoms with Crippen molar-refractivity contribution in [1.29, 1.82) is 5.26 Å². The van der Waals surface area contributed by atoms with Crippen molar-refractivity contribution in [3.05, 3.63) is 95.4 Å². The Morgan fingerprint density at radius 2 is 1.94 bits per heavy atom. The number of rotatable bonds is 5. The van der Waals surface area contributed by atoms with Crippen molar-refractivity contribution in [3.8, 4) is 23.4 Å². The molecule has 0 aliphatic carbocycles. The maximum Gasteiger partial charge on any atom is 0.255 e. The normalized spacial score (nSPS) is 10.4. The Morgan fingerprint density at radius 1 is 1.13 bits per heavy atom. The molecule has 0 atom stereocenters. The average Bonchev–Trinajstić information content (AvgIpc) is 3.22. The van der Waals surface area contributed by atoms with Crippen LogP contribution in [0.1, 0.15) is 27.0 Å². The van der Waals surface area contributed by atoms with E-state index in [1.807, 2.05) is 32.2 Å². The van der Waals surface area contributed by atoms with Crippen molar-refractivity contribution in [2.45, 2.75) is 13.8 Å². The Bertz CT molecular complexity index is 1290. The zero-order chi connectivity index (χ0) is 21.8. The molecule has 0 saturated carbocycles. The van der Waals surface area contributed by atoms with E-state index in [1.165, 1.54) is 0 Å². The lowest BCUT2D eigenvalue weighted by atomic mass is 10.1. The number of ether oxygens (including phenoxy) is 1. The van der Waals surface area contributed by atoms with Gasteiger partial charge in [0.25, 0.3) is 5.91 Å². The molecule has 0 aliphatic rings. The Balaban J connectivity index is 1.46. The third-order valence-electron chi connectivity index (χ3n) is 4.66. The van der Waals surface area contributed by atoms with E-state index in [4.69, 9.17) is 10.00 Å². The van der Waals surface area contributed by atoms with Gasteiger partial charge in [-0.15, -0.1) is 0 Å². The predicted octanol–water partition coefficient (Wildman–Crippen LogP) is 4.80. The molecule has 0 spiro atoms. The standard InChI is InChI=1S/C24H19N5O2/c1-16-14-27-29(15-16)20-7-5-18(6-8-20)23(30)28-22-10-9-21(12-17(22)2)31-24-19(13-25)4-3-11-26-24/h3-12,14-15H,1-2H3,(H,28,30). The highest BCUT2D eigenvalue weighted by Crippen LogP contribution is 2.27. The molecule has 0 fully saturated rings. The van der Waals surface area contributed by atoms with E-state index in [0.717, 1.165) is 16.8 Å². The maximum absolute atomic E-state index is 12.7. The van der Waals surface area contributed by atoms with Crippen LogP contribution >= 0.6 is 0 Å². The van der Waals surface area contributed by atoms with Gasteiger partial charge in [0.2, 0.25) is 5.88 Å². The molecule has 7 heteroatoms. The van der Waals surface area contributed by atoms with Crippen LogP contribution < -0.4 is 10.1 Å². The van der Waals surface area contributed by atoms with Crippen molar-refractivity contribution < 1.29 is 9.53 Å². The Kier molecular flexibility index (Phi) is 5.45. The second kappa shape index (κ2) is 8.51. The summed E-state index contributed by atoms with van der Waals surface area (Å²) in [4.78, 5) is 16.8. The van der Waals surface area contributed by atoms with E-state index in [2.05, 4.69) is 21.5 Å². The molecule has 0 aliphatic heterocycles. The van der Waals surface area contributed by atoms with Gasteiger partial charge < -0.3 is 10.1 Å². The van der Waals surface area contributed by atoms with Gasteiger partial charge in [-0.2, -0.15) is 10.4 Å². The fourth-order valence-electron chi connectivity index (χ4n) is 3.02. The van der Waals surface area contributed by atoms with Gasteiger partial charge in [-0.25, -0.2) is 9.67 Å². The van der Waals surface area contributed by atoms with Gasteiger partial charge in [-0.1, -0.05) is 0 Å². The second-order valence-corrected chi connectivity index (χ2v) is 7.01. The third kappa shape index (κ3) is 4.43. The topological polar surface area (TPSA) is 92.8 Å². The van der Waals surface area contributed by atoms with Gasteiger partial charge >= 0.3 is 0 Å². The number of nitrogens with zero attached hydrogens (tertiary/aromatic N) is 4. The van der Waals surface area contributed by atoms with Crippen LogP contribution in [-0.2, 0) is 0 Å². The Labute approximate surface area is 179 Å². The van der Waals surface area contributed by atoms with Crippen LogP contribution in [0.4, 0.5) is 5.69 Å². The molecule has 0 unspecified atom stereocenters. The van der Waals surface area contributed by atoms with Gasteiger partial charge in [-0.05, 0) is 79.6 Å².